The minimum Gasteiger partial charge on any atom is -0.368 e. The zero-order chi connectivity index (χ0) is 16.1. The van der Waals surface area contributed by atoms with E-state index in [9.17, 15) is 9.18 Å². The number of aromatic nitrogens is 1. The Bertz CT molecular complexity index is 646. The number of ketones is 1. The number of nitrogens with one attached hydrogen (secondary N) is 2. The van der Waals surface area contributed by atoms with Crippen LogP contribution in [0.2, 0.25) is 0 Å². The number of nitrogens with zero attached hydrogens (tertiary/aromatic N) is 1. The number of rotatable bonds is 6. The van der Waals surface area contributed by atoms with Crippen LogP contribution in [-0.2, 0) is 0 Å². The molecule has 1 unspecified atom stereocenters. The molecule has 0 aliphatic heterocycles. The summed E-state index contributed by atoms with van der Waals surface area (Å²) in [5, 5.41) is 3.17. The summed E-state index contributed by atoms with van der Waals surface area (Å²) in [6.45, 7) is 3.99. The van der Waals surface area contributed by atoms with Crippen LogP contribution in [0.25, 0.3) is 0 Å². The highest BCUT2D eigenvalue weighted by Gasteiger charge is 2.21. The zero-order valence-corrected chi connectivity index (χ0v) is 13.1. The maximum Gasteiger partial charge on any atom is 0.185 e. The van der Waals surface area contributed by atoms with E-state index in [2.05, 4.69) is 15.1 Å². The Morgan fingerprint density at radius 1 is 1.23 bits per heavy atom. The number of anilines is 1. The summed E-state index contributed by atoms with van der Waals surface area (Å²) in [5.74, 6) is 0.0345. The number of carbonyl (C=O) groups excluding carboxylic acids is 1. The van der Waals surface area contributed by atoms with Crippen LogP contribution in [0.5, 0.6) is 0 Å². The van der Waals surface area contributed by atoms with E-state index in [1.807, 2.05) is 13.8 Å². The third-order valence-electron chi connectivity index (χ3n) is 3.05. The van der Waals surface area contributed by atoms with Crippen LogP contribution in [-0.4, -0.2) is 16.8 Å². The van der Waals surface area contributed by atoms with Gasteiger partial charge in [0.25, 0.3) is 0 Å². The third kappa shape index (κ3) is 4.02. The number of benzene rings is 1. The van der Waals surface area contributed by atoms with Gasteiger partial charge in [0.2, 0.25) is 0 Å². The topological polar surface area (TPSA) is 54.0 Å². The Labute approximate surface area is 133 Å². The second-order valence-electron chi connectivity index (χ2n) is 5.19. The van der Waals surface area contributed by atoms with Gasteiger partial charge in [-0.15, -0.1) is 0 Å². The minimum atomic E-state index is -0.733. The van der Waals surface area contributed by atoms with Crippen molar-refractivity contribution < 1.29 is 9.18 Å². The van der Waals surface area contributed by atoms with E-state index in [0.29, 0.717) is 16.9 Å². The van der Waals surface area contributed by atoms with Crippen molar-refractivity contribution in [2.24, 2.45) is 0 Å². The van der Waals surface area contributed by atoms with Crippen molar-refractivity contribution in [3.05, 3.63) is 59.5 Å². The highest BCUT2D eigenvalue weighted by molar-refractivity contribution is 6.16. The van der Waals surface area contributed by atoms with E-state index in [-0.39, 0.29) is 17.6 Å². The molecule has 22 heavy (non-hydrogen) atoms. The van der Waals surface area contributed by atoms with Gasteiger partial charge >= 0.3 is 0 Å². The lowest BCUT2D eigenvalue weighted by molar-refractivity contribution is 0.0954. The van der Waals surface area contributed by atoms with Gasteiger partial charge in [-0.3, -0.25) is 4.79 Å². The summed E-state index contributed by atoms with van der Waals surface area (Å²) in [7, 11) is 0. The molecule has 0 amide bonds. The van der Waals surface area contributed by atoms with Gasteiger partial charge in [-0.25, -0.2) is 14.2 Å². The van der Waals surface area contributed by atoms with Crippen molar-refractivity contribution in [3.63, 3.8) is 0 Å². The molecule has 0 saturated carbocycles. The first-order chi connectivity index (χ1) is 10.5. The van der Waals surface area contributed by atoms with E-state index >= 15 is 0 Å². The van der Waals surface area contributed by atoms with E-state index in [1.165, 1.54) is 24.3 Å². The molecule has 1 heterocycles. The Kier molecular flexibility index (Phi) is 5.46. The molecule has 0 fully saturated rings. The smallest absolute Gasteiger partial charge is 0.185 e. The molecule has 6 heteroatoms. The molecule has 1 aromatic carbocycles. The number of hydrogen-bond donors (Lipinski definition) is 2. The number of halogens is 2. The van der Waals surface area contributed by atoms with Gasteiger partial charge in [0, 0.05) is 17.8 Å². The normalized spacial score (nSPS) is 12.2. The Morgan fingerprint density at radius 2 is 1.91 bits per heavy atom. The molecule has 0 aliphatic carbocycles. The summed E-state index contributed by atoms with van der Waals surface area (Å²) in [6, 6.07) is 8.34. The molecule has 2 N–H and O–H groups in total. The van der Waals surface area contributed by atoms with Gasteiger partial charge in [-0.1, -0.05) is 0 Å². The van der Waals surface area contributed by atoms with Gasteiger partial charge in [-0.2, -0.15) is 0 Å². The van der Waals surface area contributed by atoms with Crippen molar-refractivity contribution in [3.8, 4) is 0 Å². The molecular formula is C16H17ClFN3O. The van der Waals surface area contributed by atoms with Crippen LogP contribution in [0.15, 0.2) is 42.6 Å². The van der Waals surface area contributed by atoms with E-state index in [0.717, 1.165) is 0 Å². The van der Waals surface area contributed by atoms with E-state index in [4.69, 9.17) is 11.8 Å². The predicted molar refractivity (Wildman–Crippen MR) is 85.5 cm³/mol. The van der Waals surface area contributed by atoms with Crippen LogP contribution >= 0.6 is 11.8 Å². The summed E-state index contributed by atoms with van der Waals surface area (Å²) >= 11 is 5.75. The standard InChI is InChI=1S/C16H17ClFN3O/c1-10(2)20-14-9-12(7-8-19-14)15(21-17)16(22)11-3-5-13(18)6-4-11/h3-10,15,21H,1-2H3,(H,19,20). The number of pyridine rings is 1. The summed E-state index contributed by atoms with van der Waals surface area (Å²) in [4.78, 5) is 19.2. The molecule has 0 spiro atoms. The Hall–Kier alpha value is -1.98. The summed E-state index contributed by atoms with van der Waals surface area (Å²) in [5.41, 5.74) is 1.07. The predicted octanol–water partition coefficient (Wildman–Crippen LogP) is 3.71. The van der Waals surface area contributed by atoms with Gasteiger partial charge in [0.15, 0.2) is 5.78 Å². The highest BCUT2D eigenvalue weighted by Crippen LogP contribution is 2.21. The van der Waals surface area contributed by atoms with Crippen LogP contribution in [0.3, 0.4) is 0 Å². The molecule has 1 atom stereocenters. The zero-order valence-electron chi connectivity index (χ0n) is 12.3. The van der Waals surface area contributed by atoms with E-state index < -0.39 is 6.04 Å². The lowest BCUT2D eigenvalue weighted by Gasteiger charge is -2.16. The first-order valence-electron chi connectivity index (χ1n) is 6.89. The summed E-state index contributed by atoms with van der Waals surface area (Å²) in [6.07, 6.45) is 1.61. The van der Waals surface area contributed by atoms with Gasteiger partial charge in [0.1, 0.15) is 17.7 Å². The van der Waals surface area contributed by atoms with Gasteiger partial charge in [-0.05, 0) is 67.6 Å². The molecule has 0 saturated heterocycles. The SMILES string of the molecule is CC(C)Nc1cc(C(NCl)C(=O)c2ccc(F)cc2)ccn1. The first kappa shape index (κ1) is 16.4. The molecule has 2 rings (SSSR count). The fraction of sp³-hybridized carbons (Fsp3) is 0.250. The number of carbonyl (C=O) groups is 1. The molecule has 2 aromatic rings. The second-order valence-corrected chi connectivity index (χ2v) is 5.40. The molecule has 0 radical (unpaired) electrons. The lowest BCUT2D eigenvalue weighted by atomic mass is 9.99. The lowest BCUT2D eigenvalue weighted by Crippen LogP contribution is -2.22. The fourth-order valence-electron chi connectivity index (χ4n) is 2.05. The van der Waals surface area contributed by atoms with Crippen molar-refractivity contribution >= 4 is 23.4 Å². The summed E-state index contributed by atoms with van der Waals surface area (Å²) < 4.78 is 13.0. The maximum absolute atomic E-state index is 13.0. The van der Waals surface area contributed by atoms with E-state index in [1.54, 1.807) is 18.3 Å². The van der Waals surface area contributed by atoms with Gasteiger partial charge < -0.3 is 5.32 Å². The second kappa shape index (κ2) is 7.33. The monoisotopic (exact) mass is 321 g/mol. The minimum absolute atomic E-state index is 0.220. The molecule has 1 aromatic heterocycles. The molecule has 0 aliphatic rings. The molecule has 4 nitrogen and oxygen atoms in total. The van der Waals surface area contributed by atoms with Crippen LogP contribution in [0, 0.1) is 5.82 Å². The Balaban J connectivity index is 2.27. The number of hydrogen-bond acceptors (Lipinski definition) is 4. The van der Waals surface area contributed by atoms with Crippen LogP contribution in [0.4, 0.5) is 10.2 Å². The van der Waals surface area contributed by atoms with Crippen molar-refractivity contribution in [2.75, 3.05) is 5.32 Å². The van der Waals surface area contributed by atoms with Gasteiger partial charge in [0.05, 0.1) is 0 Å². The van der Waals surface area contributed by atoms with Crippen molar-refractivity contribution in [2.45, 2.75) is 25.9 Å². The number of Topliss-reactive ketones (excluding diaryl/α,β-unsaturated/α-hetero) is 1. The van der Waals surface area contributed by atoms with Crippen LogP contribution in [0.1, 0.15) is 35.8 Å². The average molecular weight is 322 g/mol. The molecule has 0 bridgehead atoms. The molecular weight excluding hydrogens is 305 g/mol. The van der Waals surface area contributed by atoms with Crippen molar-refractivity contribution in [1.29, 1.82) is 0 Å². The third-order valence-corrected chi connectivity index (χ3v) is 3.27. The average Bonchev–Trinajstić information content (AvgIpc) is 2.48. The fourth-order valence-corrected chi connectivity index (χ4v) is 2.27. The largest absolute Gasteiger partial charge is 0.368 e. The molecule has 116 valence electrons. The van der Waals surface area contributed by atoms with Crippen molar-refractivity contribution in [1.82, 2.24) is 9.82 Å². The first-order valence-corrected chi connectivity index (χ1v) is 7.27. The quantitative estimate of drug-likeness (QED) is 0.629. The Morgan fingerprint density at radius 3 is 2.50 bits per heavy atom. The highest BCUT2D eigenvalue weighted by atomic mass is 35.5. The van der Waals surface area contributed by atoms with Crippen LogP contribution < -0.4 is 10.2 Å². The maximum atomic E-state index is 13.0.